The van der Waals surface area contributed by atoms with Crippen LogP contribution in [0.15, 0.2) is 54.6 Å². The lowest BCUT2D eigenvalue weighted by atomic mass is 9.70. The number of benzene rings is 2. The monoisotopic (exact) mass is 298 g/mol. The minimum atomic E-state index is -0.463. The maximum absolute atomic E-state index is 12.0. The van der Waals surface area contributed by atoms with E-state index < -0.39 is 5.41 Å². The van der Waals surface area contributed by atoms with E-state index in [1.165, 1.54) is 17.5 Å². The molecule has 0 N–H and O–H groups in total. The zero-order valence-corrected chi connectivity index (χ0v) is 12.8. The van der Waals surface area contributed by atoms with Gasteiger partial charge in [0, 0.05) is 0 Å². The second kappa shape index (κ2) is 6.03. The summed E-state index contributed by atoms with van der Waals surface area (Å²) in [5.41, 5.74) is 2.97. The van der Waals surface area contributed by atoms with E-state index in [1.54, 1.807) is 0 Å². The molecule has 21 heavy (non-hydrogen) atoms. The van der Waals surface area contributed by atoms with Crippen LogP contribution in [0.1, 0.15) is 37.7 Å². The molecule has 0 atom stereocenters. The Bertz CT molecular complexity index is 610. The molecule has 0 aliphatic heterocycles. The van der Waals surface area contributed by atoms with Gasteiger partial charge in [0.1, 0.15) is 0 Å². The van der Waals surface area contributed by atoms with Crippen LogP contribution in [0.4, 0.5) is 0 Å². The van der Waals surface area contributed by atoms with Gasteiger partial charge in [-0.05, 0) is 41.1 Å². The molecule has 0 unspecified atom stereocenters. The van der Waals surface area contributed by atoms with Crippen LogP contribution < -0.4 is 0 Å². The highest BCUT2D eigenvalue weighted by Gasteiger charge is 2.39. The van der Waals surface area contributed by atoms with Crippen molar-refractivity contribution >= 4 is 16.8 Å². The smallest absolute Gasteiger partial charge is 0.232 e. The molecular formula is C19H19ClO. The molecule has 0 radical (unpaired) electrons. The zero-order chi connectivity index (χ0) is 14.7. The number of rotatable bonds is 3. The Labute approximate surface area is 131 Å². The van der Waals surface area contributed by atoms with Crippen molar-refractivity contribution in [3.8, 4) is 11.1 Å². The van der Waals surface area contributed by atoms with E-state index in [4.69, 9.17) is 11.6 Å². The van der Waals surface area contributed by atoms with E-state index in [1.807, 2.05) is 18.2 Å². The summed E-state index contributed by atoms with van der Waals surface area (Å²) in [6.07, 6.45) is 5.12. The molecule has 2 aromatic carbocycles. The predicted octanol–water partition coefficient (Wildman–Crippen LogP) is 5.32. The van der Waals surface area contributed by atoms with Gasteiger partial charge >= 0.3 is 0 Å². The third-order valence-electron chi connectivity index (χ3n) is 4.63. The lowest BCUT2D eigenvalue weighted by Gasteiger charge is -2.34. The zero-order valence-electron chi connectivity index (χ0n) is 12.0. The summed E-state index contributed by atoms with van der Waals surface area (Å²) in [5, 5.41) is -0.199. The minimum absolute atomic E-state index is 0.199. The molecule has 0 amide bonds. The molecule has 0 aromatic heterocycles. The first-order valence-electron chi connectivity index (χ1n) is 7.58. The maximum Gasteiger partial charge on any atom is 0.232 e. The SMILES string of the molecule is O=C(Cl)C1(c2ccc(-c3ccccc3)cc2)CCCCC1. The number of hydrogen-bond acceptors (Lipinski definition) is 1. The summed E-state index contributed by atoms with van der Waals surface area (Å²) in [6.45, 7) is 0. The van der Waals surface area contributed by atoms with Gasteiger partial charge in [0.05, 0.1) is 5.41 Å². The first-order chi connectivity index (χ1) is 10.2. The van der Waals surface area contributed by atoms with E-state index in [0.29, 0.717) is 0 Å². The number of carbonyl (C=O) groups is 1. The maximum atomic E-state index is 12.0. The first kappa shape index (κ1) is 14.3. The average molecular weight is 299 g/mol. The van der Waals surface area contributed by atoms with E-state index in [2.05, 4.69) is 36.4 Å². The van der Waals surface area contributed by atoms with Crippen molar-refractivity contribution in [2.24, 2.45) is 0 Å². The topological polar surface area (TPSA) is 17.1 Å². The van der Waals surface area contributed by atoms with Crippen molar-refractivity contribution in [2.75, 3.05) is 0 Å². The normalized spacial score (nSPS) is 17.4. The predicted molar refractivity (Wildman–Crippen MR) is 87.5 cm³/mol. The molecule has 3 rings (SSSR count). The van der Waals surface area contributed by atoms with Crippen LogP contribution in [0.5, 0.6) is 0 Å². The Morgan fingerprint density at radius 3 is 1.95 bits per heavy atom. The summed E-state index contributed by atoms with van der Waals surface area (Å²) >= 11 is 5.97. The van der Waals surface area contributed by atoms with Gasteiger partial charge in [0.25, 0.3) is 0 Å². The molecule has 1 fully saturated rings. The fourth-order valence-corrected chi connectivity index (χ4v) is 3.66. The highest BCUT2D eigenvalue weighted by molar-refractivity contribution is 6.65. The van der Waals surface area contributed by atoms with Crippen LogP contribution >= 0.6 is 11.6 Å². The van der Waals surface area contributed by atoms with Gasteiger partial charge in [0.2, 0.25) is 5.24 Å². The van der Waals surface area contributed by atoms with Crippen LogP contribution in [0.2, 0.25) is 0 Å². The van der Waals surface area contributed by atoms with Crippen LogP contribution in [0, 0.1) is 0 Å². The lowest BCUT2D eigenvalue weighted by molar-refractivity contribution is -0.117. The number of carbonyl (C=O) groups excluding carboxylic acids is 1. The van der Waals surface area contributed by atoms with E-state index >= 15 is 0 Å². The largest absolute Gasteiger partial charge is 0.280 e. The highest BCUT2D eigenvalue weighted by Crippen LogP contribution is 2.41. The van der Waals surface area contributed by atoms with Gasteiger partial charge in [-0.3, -0.25) is 4.79 Å². The minimum Gasteiger partial charge on any atom is -0.280 e. The van der Waals surface area contributed by atoms with Gasteiger partial charge in [-0.15, -0.1) is 0 Å². The van der Waals surface area contributed by atoms with E-state index in [0.717, 1.165) is 31.2 Å². The molecular weight excluding hydrogens is 280 g/mol. The molecule has 0 bridgehead atoms. The molecule has 2 aromatic rings. The summed E-state index contributed by atoms with van der Waals surface area (Å²) in [6, 6.07) is 18.6. The van der Waals surface area contributed by atoms with Crippen molar-refractivity contribution < 1.29 is 4.79 Å². The lowest BCUT2D eigenvalue weighted by Crippen LogP contribution is -2.35. The van der Waals surface area contributed by atoms with Crippen molar-refractivity contribution in [2.45, 2.75) is 37.5 Å². The van der Waals surface area contributed by atoms with Crippen molar-refractivity contribution in [3.05, 3.63) is 60.2 Å². The second-order valence-electron chi connectivity index (χ2n) is 5.86. The third-order valence-corrected chi connectivity index (χ3v) is 4.99. The van der Waals surface area contributed by atoms with Crippen LogP contribution in [-0.4, -0.2) is 5.24 Å². The van der Waals surface area contributed by atoms with E-state index in [9.17, 15) is 4.79 Å². The van der Waals surface area contributed by atoms with Gasteiger partial charge in [0.15, 0.2) is 0 Å². The molecule has 0 heterocycles. The summed E-state index contributed by atoms with van der Waals surface area (Å²) in [5.74, 6) is 0. The van der Waals surface area contributed by atoms with Crippen LogP contribution in [-0.2, 0) is 10.2 Å². The Morgan fingerprint density at radius 2 is 1.38 bits per heavy atom. The van der Waals surface area contributed by atoms with Gasteiger partial charge in [-0.25, -0.2) is 0 Å². The standard InChI is InChI=1S/C19H19ClO/c20-18(21)19(13-5-2-6-14-19)17-11-9-16(10-12-17)15-7-3-1-4-8-15/h1,3-4,7-12H,2,5-6,13-14H2. The Balaban J connectivity index is 1.94. The fraction of sp³-hybridized carbons (Fsp3) is 0.316. The average Bonchev–Trinajstić information content (AvgIpc) is 2.56. The number of halogens is 1. The van der Waals surface area contributed by atoms with Gasteiger partial charge in [-0.1, -0.05) is 73.9 Å². The Hall–Kier alpha value is -1.60. The van der Waals surface area contributed by atoms with Crippen LogP contribution in [0.3, 0.4) is 0 Å². The van der Waals surface area contributed by atoms with Crippen molar-refractivity contribution in [1.29, 1.82) is 0 Å². The van der Waals surface area contributed by atoms with Crippen LogP contribution in [0.25, 0.3) is 11.1 Å². The van der Waals surface area contributed by atoms with Crippen molar-refractivity contribution in [3.63, 3.8) is 0 Å². The summed E-state index contributed by atoms with van der Waals surface area (Å²) in [4.78, 5) is 12.0. The first-order valence-corrected chi connectivity index (χ1v) is 7.96. The van der Waals surface area contributed by atoms with Gasteiger partial charge in [-0.2, -0.15) is 0 Å². The summed E-state index contributed by atoms with van der Waals surface area (Å²) < 4.78 is 0. The number of hydrogen-bond donors (Lipinski definition) is 0. The molecule has 1 nitrogen and oxygen atoms in total. The molecule has 1 aliphatic rings. The summed E-state index contributed by atoms with van der Waals surface area (Å²) in [7, 11) is 0. The van der Waals surface area contributed by atoms with Gasteiger partial charge < -0.3 is 0 Å². The molecule has 0 saturated heterocycles. The van der Waals surface area contributed by atoms with Crippen molar-refractivity contribution in [1.82, 2.24) is 0 Å². The molecule has 0 spiro atoms. The Kier molecular flexibility index (Phi) is 4.12. The molecule has 1 saturated carbocycles. The fourth-order valence-electron chi connectivity index (χ4n) is 3.37. The molecule has 108 valence electrons. The quantitative estimate of drug-likeness (QED) is 0.701. The molecule has 2 heteroatoms. The second-order valence-corrected chi connectivity index (χ2v) is 6.20. The van der Waals surface area contributed by atoms with E-state index in [-0.39, 0.29) is 5.24 Å². The third kappa shape index (κ3) is 2.75. The highest BCUT2D eigenvalue weighted by atomic mass is 35.5. The Morgan fingerprint density at radius 1 is 0.810 bits per heavy atom. The molecule has 1 aliphatic carbocycles.